The van der Waals surface area contributed by atoms with Gasteiger partial charge in [-0.1, -0.05) is 22.5 Å². The first kappa shape index (κ1) is 14.7. The number of benzene rings is 1. The van der Waals surface area contributed by atoms with Crippen LogP contribution in [0.4, 0.5) is 0 Å². The van der Waals surface area contributed by atoms with Gasteiger partial charge >= 0.3 is 0 Å². The first-order valence-electron chi connectivity index (χ1n) is 6.87. The Labute approximate surface area is 137 Å². The number of hydrogen-bond acceptors (Lipinski definition) is 4. The van der Waals surface area contributed by atoms with E-state index in [-0.39, 0.29) is 0 Å². The molecule has 4 nitrogen and oxygen atoms in total. The Morgan fingerprint density at radius 2 is 2.09 bits per heavy atom. The normalized spacial score (nSPS) is 10.6. The minimum atomic E-state index is 0.576. The lowest BCUT2D eigenvalue weighted by atomic mass is 10.1. The summed E-state index contributed by atoms with van der Waals surface area (Å²) in [6.45, 7) is 6.43. The summed E-state index contributed by atoms with van der Waals surface area (Å²) in [5, 5.41) is 0.970. The van der Waals surface area contributed by atoms with E-state index in [9.17, 15) is 0 Å². The highest BCUT2D eigenvalue weighted by Crippen LogP contribution is 2.28. The molecule has 2 heterocycles. The molecule has 0 aliphatic heterocycles. The van der Waals surface area contributed by atoms with Crippen LogP contribution in [0.1, 0.15) is 12.5 Å². The topological polar surface area (TPSA) is 47.9 Å². The molecule has 0 aliphatic rings. The van der Waals surface area contributed by atoms with Crippen LogP contribution >= 0.6 is 15.9 Å². The van der Waals surface area contributed by atoms with Crippen LogP contribution < -0.4 is 0 Å². The molecule has 5 heteroatoms. The van der Waals surface area contributed by atoms with Gasteiger partial charge in [0.15, 0.2) is 0 Å². The van der Waals surface area contributed by atoms with Gasteiger partial charge in [-0.2, -0.15) is 0 Å². The standard InChI is InChI=1S/C17H14BrN3O/c1-3-22-11(2)12-6-13(9-19-8-12)17-15-7-14(18)4-5-16(15)20-10-21-17/h4-10H,2-3H2,1H3. The predicted molar refractivity (Wildman–Crippen MR) is 91.1 cm³/mol. The van der Waals surface area contributed by atoms with Gasteiger partial charge in [0, 0.05) is 33.4 Å². The maximum atomic E-state index is 5.45. The van der Waals surface area contributed by atoms with Crippen LogP contribution in [0.25, 0.3) is 27.9 Å². The van der Waals surface area contributed by atoms with Gasteiger partial charge in [-0.05, 0) is 31.2 Å². The van der Waals surface area contributed by atoms with Crippen LogP contribution in [0.5, 0.6) is 0 Å². The first-order chi connectivity index (χ1) is 10.7. The maximum Gasteiger partial charge on any atom is 0.120 e. The Kier molecular flexibility index (Phi) is 4.15. The van der Waals surface area contributed by atoms with E-state index < -0.39 is 0 Å². The highest BCUT2D eigenvalue weighted by atomic mass is 79.9. The van der Waals surface area contributed by atoms with Crippen molar-refractivity contribution in [1.82, 2.24) is 15.0 Å². The smallest absolute Gasteiger partial charge is 0.120 e. The molecule has 0 fully saturated rings. The predicted octanol–water partition coefficient (Wildman–Crippen LogP) is 4.46. The third-order valence-electron chi connectivity index (χ3n) is 3.25. The molecule has 1 aromatic carbocycles. The molecule has 0 bridgehead atoms. The van der Waals surface area contributed by atoms with Gasteiger partial charge in [0.05, 0.1) is 17.8 Å². The van der Waals surface area contributed by atoms with Gasteiger partial charge in [0.25, 0.3) is 0 Å². The van der Waals surface area contributed by atoms with Crippen molar-refractivity contribution in [1.29, 1.82) is 0 Å². The monoisotopic (exact) mass is 355 g/mol. The Morgan fingerprint density at radius 3 is 2.91 bits per heavy atom. The van der Waals surface area contributed by atoms with Gasteiger partial charge in [-0.3, -0.25) is 4.98 Å². The molecule has 0 amide bonds. The highest BCUT2D eigenvalue weighted by Gasteiger charge is 2.09. The molecule has 0 radical (unpaired) electrons. The largest absolute Gasteiger partial charge is 0.494 e. The number of pyridine rings is 1. The Bertz CT molecular complexity index is 848. The lowest BCUT2D eigenvalue weighted by molar-refractivity contribution is 0.299. The lowest BCUT2D eigenvalue weighted by Gasteiger charge is -2.09. The quantitative estimate of drug-likeness (QED) is 0.648. The van der Waals surface area contributed by atoms with Gasteiger partial charge in [0.1, 0.15) is 12.1 Å². The zero-order valence-corrected chi connectivity index (χ0v) is 13.7. The van der Waals surface area contributed by atoms with E-state index >= 15 is 0 Å². The van der Waals surface area contributed by atoms with Crippen LogP contribution in [0, 0.1) is 0 Å². The zero-order chi connectivity index (χ0) is 15.5. The van der Waals surface area contributed by atoms with Crippen molar-refractivity contribution in [3.8, 4) is 11.3 Å². The van der Waals surface area contributed by atoms with E-state index in [0.29, 0.717) is 12.4 Å². The summed E-state index contributed by atoms with van der Waals surface area (Å²) >= 11 is 3.49. The Balaban J connectivity index is 2.13. The summed E-state index contributed by atoms with van der Waals surface area (Å²) < 4.78 is 6.44. The van der Waals surface area contributed by atoms with Gasteiger partial charge in [0.2, 0.25) is 0 Å². The molecular formula is C17H14BrN3O. The second-order valence-corrected chi connectivity index (χ2v) is 5.62. The zero-order valence-electron chi connectivity index (χ0n) is 12.1. The van der Waals surface area contributed by atoms with Gasteiger partial charge in [-0.25, -0.2) is 9.97 Å². The molecule has 0 N–H and O–H groups in total. The Hall–Kier alpha value is -2.27. The number of halogens is 1. The summed E-state index contributed by atoms with van der Waals surface area (Å²) in [6.07, 6.45) is 5.09. The minimum Gasteiger partial charge on any atom is -0.494 e. The number of aromatic nitrogens is 3. The molecule has 0 aliphatic carbocycles. The third-order valence-corrected chi connectivity index (χ3v) is 3.74. The fourth-order valence-electron chi connectivity index (χ4n) is 2.24. The number of ether oxygens (including phenoxy) is 1. The summed E-state index contributed by atoms with van der Waals surface area (Å²) in [7, 11) is 0. The van der Waals surface area contributed by atoms with E-state index in [1.165, 1.54) is 0 Å². The van der Waals surface area contributed by atoms with Crippen LogP contribution in [-0.2, 0) is 4.74 Å². The van der Waals surface area contributed by atoms with Crippen molar-refractivity contribution in [3.05, 3.63) is 59.6 Å². The number of rotatable bonds is 4. The average Bonchev–Trinajstić information content (AvgIpc) is 2.54. The second-order valence-electron chi connectivity index (χ2n) is 4.70. The molecule has 0 saturated carbocycles. The molecule has 0 saturated heterocycles. The fourth-order valence-corrected chi connectivity index (χ4v) is 2.60. The fraction of sp³-hybridized carbons (Fsp3) is 0.118. The van der Waals surface area contributed by atoms with Crippen LogP contribution in [0.15, 0.2) is 54.0 Å². The summed E-state index contributed by atoms with van der Waals surface area (Å²) in [5.41, 5.74) is 3.48. The van der Waals surface area contributed by atoms with Crippen molar-refractivity contribution in [2.24, 2.45) is 0 Å². The molecule has 22 heavy (non-hydrogen) atoms. The Morgan fingerprint density at radius 1 is 1.23 bits per heavy atom. The van der Waals surface area contributed by atoms with Crippen molar-refractivity contribution in [3.63, 3.8) is 0 Å². The highest BCUT2D eigenvalue weighted by molar-refractivity contribution is 9.10. The van der Waals surface area contributed by atoms with E-state index in [1.807, 2.05) is 31.2 Å². The molecule has 0 spiro atoms. The summed E-state index contributed by atoms with van der Waals surface area (Å²) in [6, 6.07) is 7.91. The minimum absolute atomic E-state index is 0.576. The van der Waals surface area contributed by atoms with Gasteiger partial charge < -0.3 is 4.74 Å². The molecule has 3 aromatic rings. The van der Waals surface area contributed by atoms with Crippen LogP contribution in [-0.4, -0.2) is 21.6 Å². The number of nitrogens with zero attached hydrogens (tertiary/aromatic N) is 3. The van der Waals surface area contributed by atoms with Crippen LogP contribution in [0.2, 0.25) is 0 Å². The number of fused-ring (bicyclic) bond motifs is 1. The molecule has 0 unspecified atom stereocenters. The molecule has 2 aromatic heterocycles. The van der Waals surface area contributed by atoms with E-state index in [2.05, 4.69) is 37.5 Å². The second kappa shape index (κ2) is 6.23. The molecule has 3 rings (SSSR count). The SMILES string of the molecule is C=C(OCC)c1cncc(-c2ncnc3ccc(Br)cc23)c1. The van der Waals surface area contributed by atoms with Crippen LogP contribution in [0.3, 0.4) is 0 Å². The van der Waals surface area contributed by atoms with E-state index in [1.54, 1.807) is 18.7 Å². The maximum absolute atomic E-state index is 5.45. The van der Waals surface area contributed by atoms with Crippen molar-refractivity contribution in [2.45, 2.75) is 6.92 Å². The summed E-state index contributed by atoms with van der Waals surface area (Å²) in [4.78, 5) is 13.0. The van der Waals surface area contributed by atoms with E-state index in [0.717, 1.165) is 32.2 Å². The summed E-state index contributed by atoms with van der Waals surface area (Å²) in [5.74, 6) is 0.608. The number of hydrogen-bond donors (Lipinski definition) is 0. The van der Waals surface area contributed by atoms with Crippen molar-refractivity contribution in [2.75, 3.05) is 6.61 Å². The third kappa shape index (κ3) is 2.85. The van der Waals surface area contributed by atoms with Gasteiger partial charge in [-0.15, -0.1) is 0 Å². The van der Waals surface area contributed by atoms with E-state index in [4.69, 9.17) is 4.74 Å². The first-order valence-corrected chi connectivity index (χ1v) is 7.66. The lowest BCUT2D eigenvalue weighted by Crippen LogP contribution is -1.94. The average molecular weight is 356 g/mol. The molecular weight excluding hydrogens is 342 g/mol. The van der Waals surface area contributed by atoms with Crippen molar-refractivity contribution >= 4 is 32.6 Å². The molecule has 0 atom stereocenters. The molecule has 110 valence electrons. The van der Waals surface area contributed by atoms with Crippen molar-refractivity contribution < 1.29 is 4.74 Å².